The number of H-pyrrole nitrogens is 1. The number of amides is 1. The van der Waals surface area contributed by atoms with Crippen LogP contribution in [0.25, 0.3) is 10.6 Å². The Morgan fingerprint density at radius 1 is 1.59 bits per heavy atom. The van der Waals surface area contributed by atoms with Crippen molar-refractivity contribution in [3.05, 3.63) is 23.6 Å². The molecule has 17 heavy (non-hydrogen) atoms. The minimum atomic E-state index is 0.0919. The first-order valence-electron chi connectivity index (χ1n) is 5.32. The van der Waals surface area contributed by atoms with Gasteiger partial charge in [0.15, 0.2) is 5.82 Å². The molecule has 0 aromatic carbocycles. The predicted molar refractivity (Wildman–Crippen MR) is 71.6 cm³/mol. The van der Waals surface area contributed by atoms with E-state index in [9.17, 15) is 4.79 Å². The maximum absolute atomic E-state index is 11.7. The average Bonchev–Trinajstić information content (AvgIpc) is 2.97. The highest BCUT2D eigenvalue weighted by atomic mass is 32.1. The van der Waals surface area contributed by atoms with Gasteiger partial charge < -0.3 is 0 Å². The molecule has 2 aromatic rings. The SMILES string of the molecule is O=C1CC(S)CN1c1cc(-c2cccs2)[nH]n1. The van der Waals surface area contributed by atoms with Crippen molar-refractivity contribution in [2.45, 2.75) is 11.7 Å². The minimum Gasteiger partial charge on any atom is -0.294 e. The Balaban J connectivity index is 1.88. The number of carbonyl (C=O) groups is 1. The van der Waals surface area contributed by atoms with Gasteiger partial charge in [-0.05, 0) is 11.4 Å². The first-order chi connectivity index (χ1) is 8.24. The standard InChI is InChI=1S/C11H11N3OS2/c15-11-4-7(16)6-14(11)10-5-8(12-13-10)9-2-1-3-17-9/h1-3,5,7,16H,4,6H2,(H,12,13). The van der Waals surface area contributed by atoms with E-state index in [0.717, 1.165) is 10.6 Å². The molecule has 88 valence electrons. The summed E-state index contributed by atoms with van der Waals surface area (Å²) >= 11 is 5.97. The molecule has 1 aliphatic rings. The summed E-state index contributed by atoms with van der Waals surface area (Å²) in [5, 5.41) is 9.28. The monoisotopic (exact) mass is 265 g/mol. The maximum atomic E-state index is 11.7. The summed E-state index contributed by atoms with van der Waals surface area (Å²) < 4.78 is 0. The highest BCUT2D eigenvalue weighted by molar-refractivity contribution is 7.81. The molecule has 1 N–H and O–H groups in total. The summed E-state index contributed by atoms with van der Waals surface area (Å²) in [6.07, 6.45) is 0.490. The summed E-state index contributed by atoms with van der Waals surface area (Å²) in [7, 11) is 0. The van der Waals surface area contributed by atoms with Gasteiger partial charge in [0.25, 0.3) is 0 Å². The number of thiophene rings is 1. The van der Waals surface area contributed by atoms with E-state index >= 15 is 0 Å². The molecule has 1 unspecified atom stereocenters. The minimum absolute atomic E-state index is 0.0919. The molecule has 3 rings (SSSR count). The first-order valence-corrected chi connectivity index (χ1v) is 6.71. The van der Waals surface area contributed by atoms with Gasteiger partial charge in [0.2, 0.25) is 5.91 Å². The lowest BCUT2D eigenvalue weighted by molar-refractivity contribution is -0.117. The van der Waals surface area contributed by atoms with E-state index in [2.05, 4.69) is 22.8 Å². The van der Waals surface area contributed by atoms with Crippen molar-refractivity contribution < 1.29 is 4.79 Å². The molecule has 4 nitrogen and oxygen atoms in total. The van der Waals surface area contributed by atoms with E-state index < -0.39 is 0 Å². The molecule has 1 atom stereocenters. The Hall–Kier alpha value is -1.27. The van der Waals surface area contributed by atoms with Gasteiger partial charge in [0.1, 0.15) is 0 Å². The molecule has 1 aliphatic heterocycles. The second-order valence-corrected chi connectivity index (χ2v) is 5.66. The van der Waals surface area contributed by atoms with Gasteiger partial charge in [-0.2, -0.15) is 17.7 Å². The third kappa shape index (κ3) is 1.98. The average molecular weight is 265 g/mol. The number of hydrogen-bond acceptors (Lipinski definition) is 4. The lowest BCUT2D eigenvalue weighted by Gasteiger charge is -2.11. The largest absolute Gasteiger partial charge is 0.294 e. The van der Waals surface area contributed by atoms with Gasteiger partial charge in [0.05, 0.1) is 10.6 Å². The van der Waals surface area contributed by atoms with Crippen LogP contribution in [0.5, 0.6) is 0 Å². The fourth-order valence-corrected chi connectivity index (χ4v) is 2.93. The molecule has 6 heteroatoms. The fraction of sp³-hybridized carbons (Fsp3) is 0.273. The van der Waals surface area contributed by atoms with Gasteiger partial charge in [0, 0.05) is 24.3 Å². The highest BCUT2D eigenvalue weighted by Gasteiger charge is 2.29. The summed E-state index contributed by atoms with van der Waals surface area (Å²) in [5.74, 6) is 0.782. The van der Waals surface area contributed by atoms with Crippen molar-refractivity contribution >= 4 is 35.7 Å². The maximum Gasteiger partial charge on any atom is 0.229 e. The molecule has 1 saturated heterocycles. The zero-order chi connectivity index (χ0) is 11.8. The van der Waals surface area contributed by atoms with Crippen LogP contribution in [-0.2, 0) is 4.79 Å². The van der Waals surface area contributed by atoms with Gasteiger partial charge in [-0.25, -0.2) is 0 Å². The van der Waals surface area contributed by atoms with Crippen LogP contribution >= 0.6 is 24.0 Å². The molecular weight excluding hydrogens is 254 g/mol. The van der Waals surface area contributed by atoms with Gasteiger partial charge in [-0.1, -0.05) is 6.07 Å². The van der Waals surface area contributed by atoms with Crippen LogP contribution in [0.3, 0.4) is 0 Å². The predicted octanol–water partition coefficient (Wildman–Crippen LogP) is 2.17. The first kappa shape index (κ1) is 10.9. The van der Waals surface area contributed by atoms with Crippen molar-refractivity contribution in [3.63, 3.8) is 0 Å². The number of hydrogen-bond donors (Lipinski definition) is 2. The molecular formula is C11H11N3OS2. The summed E-state index contributed by atoms with van der Waals surface area (Å²) in [6, 6.07) is 5.93. The Morgan fingerprint density at radius 2 is 2.47 bits per heavy atom. The molecule has 0 bridgehead atoms. The van der Waals surface area contributed by atoms with Crippen LogP contribution in [0.15, 0.2) is 23.6 Å². The van der Waals surface area contributed by atoms with Crippen LogP contribution in [0.1, 0.15) is 6.42 Å². The topological polar surface area (TPSA) is 49.0 Å². The Labute approximate surface area is 108 Å². The lowest BCUT2D eigenvalue weighted by Crippen LogP contribution is -2.24. The zero-order valence-corrected chi connectivity index (χ0v) is 10.7. The van der Waals surface area contributed by atoms with E-state index in [4.69, 9.17) is 0 Å². The Bertz CT molecular complexity index is 535. The van der Waals surface area contributed by atoms with E-state index in [0.29, 0.717) is 18.8 Å². The molecule has 0 radical (unpaired) electrons. The third-order valence-electron chi connectivity index (χ3n) is 2.73. The molecule has 0 spiro atoms. The number of aromatic amines is 1. The number of anilines is 1. The third-order valence-corrected chi connectivity index (χ3v) is 3.98. The molecule has 1 fully saturated rings. The summed E-state index contributed by atoms with van der Waals surface area (Å²) in [6.45, 7) is 0.636. The number of rotatable bonds is 2. The molecule has 2 aromatic heterocycles. The Kier molecular flexibility index (Phi) is 2.68. The molecule has 1 amide bonds. The number of carbonyl (C=O) groups excluding carboxylic acids is 1. The van der Waals surface area contributed by atoms with Crippen LogP contribution in [0.4, 0.5) is 5.82 Å². The van der Waals surface area contributed by atoms with Crippen molar-refractivity contribution in [1.29, 1.82) is 0 Å². The van der Waals surface area contributed by atoms with E-state index in [1.165, 1.54) is 0 Å². The van der Waals surface area contributed by atoms with Crippen molar-refractivity contribution in [3.8, 4) is 10.6 Å². The fourth-order valence-electron chi connectivity index (χ4n) is 1.92. The quantitative estimate of drug-likeness (QED) is 0.818. The lowest BCUT2D eigenvalue weighted by atomic mass is 10.3. The number of thiol groups is 1. The van der Waals surface area contributed by atoms with Crippen molar-refractivity contribution in [2.24, 2.45) is 0 Å². The molecule has 0 aliphatic carbocycles. The second kappa shape index (κ2) is 4.19. The number of nitrogens with zero attached hydrogens (tertiary/aromatic N) is 2. The van der Waals surface area contributed by atoms with Crippen LogP contribution < -0.4 is 4.90 Å². The van der Waals surface area contributed by atoms with E-state index in [-0.39, 0.29) is 11.2 Å². The Morgan fingerprint density at radius 3 is 3.12 bits per heavy atom. The second-order valence-electron chi connectivity index (χ2n) is 3.98. The van der Waals surface area contributed by atoms with E-state index in [1.807, 2.05) is 23.6 Å². The van der Waals surface area contributed by atoms with Crippen molar-refractivity contribution in [1.82, 2.24) is 10.2 Å². The van der Waals surface area contributed by atoms with Crippen LogP contribution in [0, 0.1) is 0 Å². The van der Waals surface area contributed by atoms with Gasteiger partial charge in [-0.3, -0.25) is 14.8 Å². The summed E-state index contributed by atoms with van der Waals surface area (Å²) in [4.78, 5) is 14.5. The van der Waals surface area contributed by atoms with Crippen LogP contribution in [0.2, 0.25) is 0 Å². The molecule has 0 saturated carbocycles. The van der Waals surface area contributed by atoms with Gasteiger partial charge >= 0.3 is 0 Å². The summed E-state index contributed by atoms with van der Waals surface area (Å²) in [5.41, 5.74) is 0.949. The highest BCUT2D eigenvalue weighted by Crippen LogP contribution is 2.28. The number of nitrogens with one attached hydrogen (secondary N) is 1. The normalized spacial score (nSPS) is 20.2. The smallest absolute Gasteiger partial charge is 0.229 e. The molecule has 3 heterocycles. The van der Waals surface area contributed by atoms with Crippen LogP contribution in [-0.4, -0.2) is 27.9 Å². The van der Waals surface area contributed by atoms with E-state index in [1.54, 1.807) is 16.2 Å². The van der Waals surface area contributed by atoms with Crippen molar-refractivity contribution in [2.75, 3.05) is 11.4 Å². The zero-order valence-electron chi connectivity index (χ0n) is 8.96. The van der Waals surface area contributed by atoms with Gasteiger partial charge in [-0.15, -0.1) is 11.3 Å². The number of aromatic nitrogens is 2.